The van der Waals surface area contributed by atoms with Gasteiger partial charge in [-0.2, -0.15) is 0 Å². The number of rotatable bonds is 0. The maximum absolute atomic E-state index is 12.0. The number of H-pyrrole nitrogens is 1. The maximum Gasteiger partial charge on any atom is 0.206 e. The molecule has 1 aromatic rings. The molecule has 0 aromatic heterocycles. The minimum Gasteiger partial charge on any atom is -0.288 e. The largest absolute Gasteiger partial charge is 0.288 e. The molecule has 0 unspecified atom stereocenters. The lowest BCUT2D eigenvalue weighted by atomic mass is 10.1. The number of hydrogen-bond donors (Lipinski definition) is 1. The predicted octanol–water partition coefficient (Wildman–Crippen LogP) is 1.74. The molecular formula is C10H5NO2S2. The van der Waals surface area contributed by atoms with Crippen molar-refractivity contribution in [1.82, 2.24) is 3.76 Å². The van der Waals surface area contributed by atoms with Crippen LogP contribution in [0, 0.1) is 9.06 Å². The van der Waals surface area contributed by atoms with Crippen LogP contribution in [0.25, 0.3) is 10.8 Å². The molecule has 0 bridgehead atoms. The summed E-state index contributed by atoms with van der Waals surface area (Å²) in [6, 6.07) is 6.94. The number of benzene rings is 1. The first-order chi connectivity index (χ1) is 7.29. The van der Waals surface area contributed by atoms with E-state index in [4.69, 9.17) is 0 Å². The van der Waals surface area contributed by atoms with Crippen molar-refractivity contribution in [3.05, 3.63) is 53.8 Å². The van der Waals surface area contributed by atoms with Crippen molar-refractivity contribution in [3.8, 4) is 0 Å². The van der Waals surface area contributed by atoms with E-state index in [1.54, 1.807) is 24.3 Å². The molecule has 1 aromatic carbocycles. The monoisotopic (exact) mass is 235 g/mol. The second kappa shape index (κ2) is 3.01. The Bertz CT molecular complexity index is 745. The van der Waals surface area contributed by atoms with Crippen molar-refractivity contribution in [3.63, 3.8) is 0 Å². The van der Waals surface area contributed by atoms with Crippen LogP contribution in [-0.2, 0) is 0 Å². The number of nitrogens with one attached hydrogen (secondary N) is 1. The summed E-state index contributed by atoms with van der Waals surface area (Å²) >= 11 is 2.45. The van der Waals surface area contributed by atoms with Crippen molar-refractivity contribution < 1.29 is 0 Å². The van der Waals surface area contributed by atoms with Crippen molar-refractivity contribution >= 4 is 33.8 Å². The SMILES string of the molecule is O=c1c2s[nH]sc=2c(=O)c2ccccc12. The van der Waals surface area contributed by atoms with Crippen LogP contribution in [0.2, 0.25) is 0 Å². The molecule has 1 N–H and O–H groups in total. The highest BCUT2D eigenvalue weighted by Crippen LogP contribution is 2.09. The molecule has 1 aliphatic heterocycles. The van der Waals surface area contributed by atoms with Crippen LogP contribution in [0.3, 0.4) is 0 Å². The van der Waals surface area contributed by atoms with E-state index >= 15 is 0 Å². The van der Waals surface area contributed by atoms with Gasteiger partial charge in [-0.05, 0) is 23.1 Å². The summed E-state index contributed by atoms with van der Waals surface area (Å²) < 4.78 is 3.94. The summed E-state index contributed by atoms with van der Waals surface area (Å²) in [7, 11) is 0. The Morgan fingerprint density at radius 2 is 1.33 bits per heavy atom. The molecular weight excluding hydrogens is 230 g/mol. The molecule has 1 aliphatic carbocycles. The van der Waals surface area contributed by atoms with Gasteiger partial charge < -0.3 is 0 Å². The summed E-state index contributed by atoms with van der Waals surface area (Å²) in [4.78, 5) is 23.9. The molecule has 0 saturated carbocycles. The first kappa shape index (κ1) is 8.82. The molecule has 0 saturated heterocycles. The zero-order chi connectivity index (χ0) is 10.4. The van der Waals surface area contributed by atoms with E-state index in [1.165, 1.54) is 23.1 Å². The quantitative estimate of drug-likeness (QED) is 0.645. The maximum atomic E-state index is 12.0. The van der Waals surface area contributed by atoms with Crippen molar-refractivity contribution in [2.24, 2.45) is 0 Å². The third-order valence-electron chi connectivity index (χ3n) is 2.32. The first-order valence-corrected chi connectivity index (χ1v) is 5.94. The second-order valence-corrected chi connectivity index (χ2v) is 5.04. The average molecular weight is 235 g/mol. The van der Waals surface area contributed by atoms with Gasteiger partial charge in [0, 0.05) is 10.8 Å². The molecule has 1 heterocycles. The van der Waals surface area contributed by atoms with Crippen LogP contribution in [0.15, 0.2) is 33.9 Å². The molecule has 74 valence electrons. The zero-order valence-electron chi connectivity index (χ0n) is 7.44. The first-order valence-electron chi connectivity index (χ1n) is 4.30. The van der Waals surface area contributed by atoms with Gasteiger partial charge in [-0.1, -0.05) is 24.3 Å². The Hall–Kier alpha value is -1.46. The van der Waals surface area contributed by atoms with E-state index < -0.39 is 0 Å². The minimum atomic E-state index is -0.0531. The number of aromatic amines is 1. The van der Waals surface area contributed by atoms with Crippen molar-refractivity contribution in [2.45, 2.75) is 0 Å². The van der Waals surface area contributed by atoms with E-state index in [1.807, 2.05) is 0 Å². The van der Waals surface area contributed by atoms with Gasteiger partial charge in [-0.15, -0.1) is 0 Å². The Morgan fingerprint density at radius 1 is 0.867 bits per heavy atom. The van der Waals surface area contributed by atoms with Crippen LogP contribution in [0.4, 0.5) is 0 Å². The van der Waals surface area contributed by atoms with Gasteiger partial charge >= 0.3 is 0 Å². The Morgan fingerprint density at radius 3 is 1.80 bits per heavy atom. The molecule has 3 rings (SSSR count). The average Bonchev–Trinajstić information content (AvgIpc) is 2.75. The molecule has 0 atom stereocenters. The molecule has 15 heavy (non-hydrogen) atoms. The molecule has 3 nitrogen and oxygen atoms in total. The molecule has 0 radical (unpaired) electrons. The van der Waals surface area contributed by atoms with Crippen LogP contribution >= 0.6 is 23.1 Å². The van der Waals surface area contributed by atoms with Crippen LogP contribution < -0.4 is 10.9 Å². The lowest BCUT2D eigenvalue weighted by molar-refractivity contribution is 1.55. The molecule has 0 amide bonds. The normalized spacial score (nSPS) is 11.2. The van der Waals surface area contributed by atoms with Crippen LogP contribution in [0.1, 0.15) is 0 Å². The lowest BCUT2D eigenvalue weighted by Gasteiger charge is -1.92. The van der Waals surface area contributed by atoms with E-state index in [9.17, 15) is 9.59 Å². The van der Waals surface area contributed by atoms with E-state index in [0.29, 0.717) is 19.8 Å². The molecule has 0 spiro atoms. The zero-order valence-corrected chi connectivity index (χ0v) is 9.08. The van der Waals surface area contributed by atoms with Gasteiger partial charge in [0.05, 0.1) is 0 Å². The third-order valence-corrected chi connectivity index (χ3v) is 4.31. The summed E-state index contributed by atoms with van der Waals surface area (Å²) in [6.45, 7) is 0. The molecule has 0 fully saturated rings. The van der Waals surface area contributed by atoms with E-state index in [-0.39, 0.29) is 10.9 Å². The Labute approximate surface area is 91.6 Å². The van der Waals surface area contributed by atoms with E-state index in [0.717, 1.165) is 0 Å². The Balaban J connectivity index is 2.90. The van der Waals surface area contributed by atoms with Gasteiger partial charge in [0.1, 0.15) is 9.06 Å². The van der Waals surface area contributed by atoms with Crippen molar-refractivity contribution in [2.75, 3.05) is 0 Å². The number of hydrogen-bond acceptors (Lipinski definition) is 4. The molecule has 2 aliphatic rings. The second-order valence-electron chi connectivity index (χ2n) is 3.15. The smallest absolute Gasteiger partial charge is 0.206 e. The van der Waals surface area contributed by atoms with Gasteiger partial charge in [-0.25, -0.2) is 0 Å². The summed E-state index contributed by atoms with van der Waals surface area (Å²) in [5.41, 5.74) is -0.106. The summed E-state index contributed by atoms with van der Waals surface area (Å²) in [5.74, 6) is 0. The molecule has 5 heteroatoms. The number of aromatic nitrogens is 1. The standard InChI is InChI=1S/C10H5NO2S2/c12-7-5-3-1-2-4-6(5)8(13)10-9(7)14-11-15-10/h1-4,11H. The van der Waals surface area contributed by atoms with Gasteiger partial charge in [0.15, 0.2) is 0 Å². The van der Waals surface area contributed by atoms with Crippen LogP contribution in [0.5, 0.6) is 0 Å². The topological polar surface area (TPSA) is 49.9 Å². The fourth-order valence-electron chi connectivity index (χ4n) is 1.62. The van der Waals surface area contributed by atoms with Crippen LogP contribution in [-0.4, -0.2) is 3.76 Å². The fraction of sp³-hybridized carbons (Fsp3) is 0. The van der Waals surface area contributed by atoms with Gasteiger partial charge in [-0.3, -0.25) is 13.4 Å². The summed E-state index contributed by atoms with van der Waals surface area (Å²) in [6.07, 6.45) is 0. The van der Waals surface area contributed by atoms with Crippen molar-refractivity contribution in [1.29, 1.82) is 0 Å². The highest BCUT2D eigenvalue weighted by Gasteiger charge is 2.08. The fourth-order valence-corrected chi connectivity index (χ4v) is 3.48. The van der Waals surface area contributed by atoms with E-state index in [2.05, 4.69) is 3.76 Å². The highest BCUT2D eigenvalue weighted by atomic mass is 32.2. The summed E-state index contributed by atoms with van der Waals surface area (Å²) in [5, 5.41) is 1.02. The minimum absolute atomic E-state index is 0.0531. The Kier molecular flexibility index (Phi) is 1.77. The predicted molar refractivity (Wildman–Crippen MR) is 61.9 cm³/mol. The number of fused-ring (bicyclic) bond motifs is 1. The third kappa shape index (κ3) is 1.10. The highest BCUT2D eigenvalue weighted by molar-refractivity contribution is 7.18. The lowest BCUT2D eigenvalue weighted by Crippen LogP contribution is -2.11. The van der Waals surface area contributed by atoms with Gasteiger partial charge in [0.25, 0.3) is 0 Å². The van der Waals surface area contributed by atoms with Gasteiger partial charge in [0.2, 0.25) is 10.9 Å².